The number of aromatic hydroxyl groups is 1. The van der Waals surface area contributed by atoms with Gasteiger partial charge in [0, 0.05) is 6.07 Å². The molecule has 1 aromatic carbocycles. The molecule has 1 aromatic rings. The Balaban J connectivity index is 2.90. The maximum Gasteiger partial charge on any atom is 0.273 e. The first-order valence-electron chi connectivity index (χ1n) is 4.25. The zero-order valence-electron chi connectivity index (χ0n) is 7.77. The lowest BCUT2D eigenvalue weighted by Gasteiger charge is -2.05. The van der Waals surface area contributed by atoms with Crippen LogP contribution in [0.3, 0.4) is 0 Å². The van der Waals surface area contributed by atoms with Crippen molar-refractivity contribution < 1.29 is 14.8 Å². The summed E-state index contributed by atoms with van der Waals surface area (Å²) in [5.41, 5.74) is -0.0890. The number of hydrogen-bond acceptors (Lipinski definition) is 4. The maximum atomic E-state index is 10.4. The molecular formula is C9H11NO4. The van der Waals surface area contributed by atoms with Crippen molar-refractivity contribution in [3.05, 3.63) is 28.3 Å². The Morgan fingerprint density at radius 1 is 1.57 bits per heavy atom. The van der Waals surface area contributed by atoms with Gasteiger partial charge >= 0.3 is 0 Å². The van der Waals surface area contributed by atoms with Crippen molar-refractivity contribution in [2.24, 2.45) is 0 Å². The second-order valence-electron chi connectivity index (χ2n) is 2.76. The van der Waals surface area contributed by atoms with Gasteiger partial charge in [0.15, 0.2) is 11.5 Å². The summed E-state index contributed by atoms with van der Waals surface area (Å²) < 4.78 is 5.12. The summed E-state index contributed by atoms with van der Waals surface area (Å²) in [5, 5.41) is 19.7. The third-order valence-electron chi connectivity index (χ3n) is 1.62. The first-order valence-corrected chi connectivity index (χ1v) is 4.25. The summed E-state index contributed by atoms with van der Waals surface area (Å²) in [6, 6.07) is 3.70. The fourth-order valence-electron chi connectivity index (χ4n) is 0.944. The molecule has 5 nitrogen and oxygen atoms in total. The Morgan fingerprint density at radius 3 is 2.86 bits per heavy atom. The highest BCUT2D eigenvalue weighted by molar-refractivity contribution is 5.47. The molecule has 1 N–H and O–H groups in total. The fraction of sp³-hybridized carbons (Fsp3) is 0.333. The molecule has 0 aliphatic heterocycles. The number of phenolic OH excluding ortho intramolecular Hbond substituents is 1. The standard InChI is InChI=1S/C9H11NO4/c1-2-5-14-9-6-7(10(12)13)3-4-8(9)11/h3-4,6,11H,2,5H2,1H3. The Bertz CT molecular complexity index is 338. The van der Waals surface area contributed by atoms with E-state index in [1.165, 1.54) is 18.2 Å². The van der Waals surface area contributed by atoms with Gasteiger partial charge in [-0.05, 0) is 12.5 Å². The molecule has 0 aliphatic carbocycles. The number of phenols is 1. The van der Waals surface area contributed by atoms with Crippen LogP contribution in [-0.2, 0) is 0 Å². The molecule has 0 aliphatic rings. The minimum atomic E-state index is -0.530. The third kappa shape index (κ3) is 2.35. The zero-order valence-corrected chi connectivity index (χ0v) is 7.77. The van der Waals surface area contributed by atoms with E-state index in [9.17, 15) is 15.2 Å². The topological polar surface area (TPSA) is 72.6 Å². The average molecular weight is 197 g/mol. The van der Waals surface area contributed by atoms with Gasteiger partial charge < -0.3 is 9.84 Å². The van der Waals surface area contributed by atoms with Gasteiger partial charge in [-0.1, -0.05) is 6.92 Å². The minimum absolute atomic E-state index is 0.0796. The Kier molecular flexibility index (Phi) is 3.28. The normalized spacial score (nSPS) is 9.79. The smallest absolute Gasteiger partial charge is 0.273 e. The first-order chi connectivity index (χ1) is 6.65. The molecule has 5 heteroatoms. The Morgan fingerprint density at radius 2 is 2.29 bits per heavy atom. The van der Waals surface area contributed by atoms with Gasteiger partial charge in [0.1, 0.15) is 0 Å². The SMILES string of the molecule is CCCOc1cc([N+](=O)[O-])ccc1O. The van der Waals surface area contributed by atoms with Gasteiger partial charge in [0.25, 0.3) is 5.69 Å². The number of nitro groups is 1. The van der Waals surface area contributed by atoms with E-state index in [1.807, 2.05) is 6.92 Å². The van der Waals surface area contributed by atoms with Crippen LogP contribution in [0.4, 0.5) is 5.69 Å². The zero-order chi connectivity index (χ0) is 10.6. The quantitative estimate of drug-likeness (QED) is 0.592. The second kappa shape index (κ2) is 4.45. The molecule has 76 valence electrons. The molecule has 0 heterocycles. The van der Waals surface area contributed by atoms with Crippen LogP contribution in [0.25, 0.3) is 0 Å². The molecular weight excluding hydrogens is 186 g/mol. The number of rotatable bonds is 4. The van der Waals surface area contributed by atoms with Crippen LogP contribution in [0.2, 0.25) is 0 Å². The lowest BCUT2D eigenvalue weighted by atomic mass is 10.3. The van der Waals surface area contributed by atoms with Crippen LogP contribution < -0.4 is 4.74 Å². The number of non-ortho nitro benzene ring substituents is 1. The number of nitrogens with zero attached hydrogens (tertiary/aromatic N) is 1. The largest absolute Gasteiger partial charge is 0.504 e. The number of nitro benzene ring substituents is 1. The van der Waals surface area contributed by atoms with E-state index in [4.69, 9.17) is 4.74 Å². The molecule has 0 atom stereocenters. The highest BCUT2D eigenvalue weighted by atomic mass is 16.6. The molecule has 0 radical (unpaired) electrons. The molecule has 0 saturated carbocycles. The van der Waals surface area contributed by atoms with Gasteiger partial charge in [-0.3, -0.25) is 10.1 Å². The van der Waals surface area contributed by atoms with Crippen molar-refractivity contribution in [3.8, 4) is 11.5 Å². The van der Waals surface area contributed by atoms with Gasteiger partial charge in [0.2, 0.25) is 0 Å². The van der Waals surface area contributed by atoms with E-state index >= 15 is 0 Å². The van der Waals surface area contributed by atoms with E-state index in [0.29, 0.717) is 6.61 Å². The van der Waals surface area contributed by atoms with Crippen molar-refractivity contribution >= 4 is 5.69 Å². The van der Waals surface area contributed by atoms with Crippen molar-refractivity contribution in [1.29, 1.82) is 0 Å². The molecule has 0 aromatic heterocycles. The van der Waals surface area contributed by atoms with E-state index in [2.05, 4.69) is 0 Å². The number of hydrogen-bond donors (Lipinski definition) is 1. The monoisotopic (exact) mass is 197 g/mol. The van der Waals surface area contributed by atoms with Crippen LogP contribution in [-0.4, -0.2) is 16.6 Å². The number of ether oxygens (including phenoxy) is 1. The maximum absolute atomic E-state index is 10.4. The average Bonchev–Trinajstić information content (AvgIpc) is 2.16. The van der Waals surface area contributed by atoms with Gasteiger partial charge in [-0.2, -0.15) is 0 Å². The molecule has 0 unspecified atom stereocenters. The van der Waals surface area contributed by atoms with E-state index < -0.39 is 4.92 Å². The van der Waals surface area contributed by atoms with Crippen molar-refractivity contribution in [1.82, 2.24) is 0 Å². The van der Waals surface area contributed by atoms with E-state index in [0.717, 1.165) is 6.42 Å². The molecule has 0 fully saturated rings. The predicted octanol–water partition coefficient (Wildman–Crippen LogP) is 2.09. The van der Waals surface area contributed by atoms with Gasteiger partial charge in [-0.25, -0.2) is 0 Å². The summed E-state index contributed by atoms with van der Waals surface area (Å²) in [5.74, 6) is 0.0742. The van der Waals surface area contributed by atoms with E-state index in [-0.39, 0.29) is 17.2 Å². The van der Waals surface area contributed by atoms with Gasteiger partial charge in [0.05, 0.1) is 17.6 Å². The lowest BCUT2D eigenvalue weighted by molar-refractivity contribution is -0.385. The lowest BCUT2D eigenvalue weighted by Crippen LogP contribution is -1.96. The van der Waals surface area contributed by atoms with Crippen LogP contribution in [0.1, 0.15) is 13.3 Å². The van der Waals surface area contributed by atoms with Crippen LogP contribution >= 0.6 is 0 Å². The summed E-state index contributed by atoms with van der Waals surface area (Å²) in [6.07, 6.45) is 0.780. The first kappa shape index (κ1) is 10.3. The predicted molar refractivity (Wildman–Crippen MR) is 50.5 cm³/mol. The Labute approximate surface area is 81.1 Å². The van der Waals surface area contributed by atoms with E-state index in [1.54, 1.807) is 0 Å². The Hall–Kier alpha value is -1.78. The van der Waals surface area contributed by atoms with Crippen LogP contribution in [0.15, 0.2) is 18.2 Å². The van der Waals surface area contributed by atoms with Crippen molar-refractivity contribution in [2.75, 3.05) is 6.61 Å². The summed E-state index contributed by atoms with van der Waals surface area (Å²) in [6.45, 7) is 2.34. The summed E-state index contributed by atoms with van der Waals surface area (Å²) >= 11 is 0. The molecule has 14 heavy (non-hydrogen) atoms. The summed E-state index contributed by atoms with van der Waals surface area (Å²) in [7, 11) is 0. The van der Waals surface area contributed by atoms with Crippen LogP contribution in [0.5, 0.6) is 11.5 Å². The van der Waals surface area contributed by atoms with Gasteiger partial charge in [-0.15, -0.1) is 0 Å². The highest BCUT2D eigenvalue weighted by Gasteiger charge is 2.10. The number of benzene rings is 1. The molecule has 0 spiro atoms. The third-order valence-corrected chi connectivity index (χ3v) is 1.62. The highest BCUT2D eigenvalue weighted by Crippen LogP contribution is 2.29. The second-order valence-corrected chi connectivity index (χ2v) is 2.76. The molecule has 0 bridgehead atoms. The summed E-state index contributed by atoms with van der Waals surface area (Å²) in [4.78, 5) is 9.88. The van der Waals surface area contributed by atoms with Crippen LogP contribution in [0, 0.1) is 10.1 Å². The van der Waals surface area contributed by atoms with Crippen molar-refractivity contribution in [2.45, 2.75) is 13.3 Å². The minimum Gasteiger partial charge on any atom is -0.504 e. The fourth-order valence-corrected chi connectivity index (χ4v) is 0.944. The molecule has 0 saturated heterocycles. The molecule has 0 amide bonds. The molecule has 1 rings (SSSR count). The van der Waals surface area contributed by atoms with Crippen molar-refractivity contribution in [3.63, 3.8) is 0 Å².